The third-order valence-corrected chi connectivity index (χ3v) is 8.80. The van der Waals surface area contributed by atoms with Crippen molar-refractivity contribution in [3.8, 4) is 5.75 Å². The van der Waals surface area contributed by atoms with Gasteiger partial charge in [0.2, 0.25) is 0 Å². The lowest BCUT2D eigenvalue weighted by atomic mass is 9.68. The average molecular weight is 413 g/mol. The number of sulfone groups is 1. The minimum atomic E-state index is -4.03. The standard InChI is InChI=1S/C20H19ClF2O3S/c1-12-3-2-10-20(27(24,25)14-6-4-13(21)5-7-14)15(12)11-26-19-17(23)9-8-16(22)18(19)20/h4-9,12,15H,2-3,10-11H2,1H3/t12-,15?,20+/m0/s1. The van der Waals surface area contributed by atoms with E-state index in [4.69, 9.17) is 16.3 Å². The molecule has 0 radical (unpaired) electrons. The van der Waals surface area contributed by atoms with E-state index < -0.39 is 32.1 Å². The normalized spacial score (nSPS) is 27.4. The Morgan fingerprint density at radius 3 is 2.48 bits per heavy atom. The Labute approximate surface area is 162 Å². The van der Waals surface area contributed by atoms with Crippen molar-refractivity contribution in [2.24, 2.45) is 11.8 Å². The van der Waals surface area contributed by atoms with Crippen LogP contribution in [-0.4, -0.2) is 15.0 Å². The second-order valence-electron chi connectivity index (χ2n) is 7.37. The van der Waals surface area contributed by atoms with Gasteiger partial charge in [0.05, 0.1) is 17.1 Å². The molecule has 2 aromatic carbocycles. The summed E-state index contributed by atoms with van der Waals surface area (Å²) in [4.78, 5) is 0.0579. The highest BCUT2D eigenvalue weighted by Gasteiger charge is 2.60. The highest BCUT2D eigenvalue weighted by molar-refractivity contribution is 7.92. The first-order valence-electron chi connectivity index (χ1n) is 8.90. The van der Waals surface area contributed by atoms with E-state index in [-0.39, 0.29) is 35.2 Å². The summed E-state index contributed by atoms with van der Waals surface area (Å²) in [5.74, 6) is -2.23. The summed E-state index contributed by atoms with van der Waals surface area (Å²) in [6.45, 7) is 1.99. The van der Waals surface area contributed by atoms with Crippen LogP contribution in [0.25, 0.3) is 0 Å². The maximum absolute atomic E-state index is 15.0. The quantitative estimate of drug-likeness (QED) is 0.687. The molecule has 1 saturated carbocycles. The summed E-state index contributed by atoms with van der Waals surface area (Å²) < 4.78 is 61.1. The Morgan fingerprint density at radius 2 is 1.78 bits per heavy atom. The first-order valence-corrected chi connectivity index (χ1v) is 10.8. The zero-order valence-corrected chi connectivity index (χ0v) is 16.3. The number of fused-ring (bicyclic) bond motifs is 3. The number of benzene rings is 2. The Hall–Kier alpha value is -1.66. The van der Waals surface area contributed by atoms with Gasteiger partial charge in [-0.3, -0.25) is 0 Å². The zero-order chi connectivity index (χ0) is 19.4. The van der Waals surface area contributed by atoms with E-state index in [1.165, 1.54) is 24.3 Å². The summed E-state index contributed by atoms with van der Waals surface area (Å²) in [6.07, 6.45) is 1.65. The first-order chi connectivity index (χ1) is 12.8. The molecule has 0 bridgehead atoms. The number of halogens is 3. The SMILES string of the molecule is C[C@H]1CCC[C@]2(S(=O)(=O)c3ccc(Cl)cc3)c3c(F)ccc(F)c3OCC12. The van der Waals surface area contributed by atoms with E-state index in [0.29, 0.717) is 11.4 Å². The highest BCUT2D eigenvalue weighted by atomic mass is 35.5. The summed E-state index contributed by atoms with van der Waals surface area (Å²) >= 11 is 5.91. The van der Waals surface area contributed by atoms with Gasteiger partial charge in [-0.15, -0.1) is 0 Å². The van der Waals surface area contributed by atoms with E-state index in [9.17, 15) is 17.2 Å². The number of ether oxygens (including phenoxy) is 1. The van der Waals surface area contributed by atoms with Gasteiger partial charge in [-0.2, -0.15) is 0 Å². The van der Waals surface area contributed by atoms with Crippen LogP contribution in [0.3, 0.4) is 0 Å². The number of rotatable bonds is 2. The van der Waals surface area contributed by atoms with Crippen LogP contribution in [0.4, 0.5) is 8.78 Å². The van der Waals surface area contributed by atoms with Crippen LogP contribution in [0.2, 0.25) is 5.02 Å². The van der Waals surface area contributed by atoms with Gasteiger partial charge in [0.15, 0.2) is 21.4 Å². The number of hydrogen-bond donors (Lipinski definition) is 0. The molecular formula is C20H19ClF2O3S. The minimum absolute atomic E-state index is 0.00311. The van der Waals surface area contributed by atoms with Crippen molar-refractivity contribution in [1.29, 1.82) is 0 Å². The van der Waals surface area contributed by atoms with E-state index in [1.807, 2.05) is 6.92 Å². The monoisotopic (exact) mass is 412 g/mol. The van der Waals surface area contributed by atoms with E-state index >= 15 is 0 Å². The minimum Gasteiger partial charge on any atom is -0.490 e. The lowest BCUT2D eigenvalue weighted by Gasteiger charge is -2.49. The van der Waals surface area contributed by atoms with Crippen LogP contribution in [0.5, 0.6) is 5.75 Å². The summed E-state index contributed by atoms with van der Waals surface area (Å²) in [7, 11) is -4.03. The van der Waals surface area contributed by atoms with Gasteiger partial charge in [-0.05, 0) is 48.7 Å². The van der Waals surface area contributed by atoms with Crippen molar-refractivity contribution >= 4 is 21.4 Å². The van der Waals surface area contributed by atoms with E-state index in [1.54, 1.807) is 0 Å². The Morgan fingerprint density at radius 1 is 1.11 bits per heavy atom. The molecule has 4 rings (SSSR count). The molecule has 27 heavy (non-hydrogen) atoms. The van der Waals surface area contributed by atoms with Crippen molar-refractivity contribution in [3.05, 3.63) is 58.6 Å². The van der Waals surface area contributed by atoms with Gasteiger partial charge >= 0.3 is 0 Å². The molecule has 0 saturated heterocycles. The van der Waals surface area contributed by atoms with Crippen molar-refractivity contribution in [2.75, 3.05) is 6.61 Å². The molecule has 1 aliphatic heterocycles. The average Bonchev–Trinajstić information content (AvgIpc) is 2.64. The Kier molecular flexibility index (Phi) is 4.47. The van der Waals surface area contributed by atoms with Gasteiger partial charge in [-0.25, -0.2) is 17.2 Å². The summed E-state index contributed by atoms with van der Waals surface area (Å²) in [6, 6.07) is 7.80. The largest absolute Gasteiger partial charge is 0.490 e. The maximum Gasteiger partial charge on any atom is 0.188 e. The summed E-state index contributed by atoms with van der Waals surface area (Å²) in [5, 5.41) is 0.407. The fraction of sp³-hybridized carbons (Fsp3) is 0.400. The first kappa shape index (κ1) is 18.7. The molecule has 2 aromatic rings. The predicted octanol–water partition coefficient (Wildman–Crippen LogP) is 5.12. The molecule has 3 atom stereocenters. The van der Waals surface area contributed by atoms with Crippen molar-refractivity contribution in [3.63, 3.8) is 0 Å². The second-order valence-corrected chi connectivity index (χ2v) is 10.0. The fourth-order valence-electron chi connectivity index (χ4n) is 4.68. The Bertz CT molecular complexity index is 991. The molecule has 3 nitrogen and oxygen atoms in total. The van der Waals surface area contributed by atoms with Crippen LogP contribution < -0.4 is 4.74 Å². The molecule has 0 amide bonds. The molecule has 0 N–H and O–H groups in total. The molecular weight excluding hydrogens is 394 g/mol. The molecule has 144 valence electrons. The molecule has 0 aromatic heterocycles. The smallest absolute Gasteiger partial charge is 0.188 e. The molecule has 1 heterocycles. The van der Waals surface area contributed by atoms with Crippen LogP contribution in [0.15, 0.2) is 41.3 Å². The lowest BCUT2D eigenvalue weighted by molar-refractivity contribution is 0.0831. The molecule has 7 heteroatoms. The van der Waals surface area contributed by atoms with Gasteiger partial charge in [0.1, 0.15) is 10.6 Å². The topological polar surface area (TPSA) is 43.4 Å². The summed E-state index contributed by atoms with van der Waals surface area (Å²) in [5.41, 5.74) is -0.166. The third kappa shape index (κ3) is 2.60. The second kappa shape index (κ2) is 6.45. The third-order valence-electron chi connectivity index (χ3n) is 5.99. The molecule has 1 fully saturated rings. The van der Waals surface area contributed by atoms with Gasteiger partial charge < -0.3 is 4.74 Å². The molecule has 1 aliphatic carbocycles. The maximum atomic E-state index is 15.0. The van der Waals surface area contributed by atoms with E-state index in [2.05, 4.69) is 0 Å². The molecule has 1 unspecified atom stereocenters. The predicted molar refractivity (Wildman–Crippen MR) is 98.7 cm³/mol. The number of hydrogen-bond acceptors (Lipinski definition) is 3. The van der Waals surface area contributed by atoms with Crippen LogP contribution >= 0.6 is 11.6 Å². The van der Waals surface area contributed by atoms with Gasteiger partial charge in [0, 0.05) is 10.9 Å². The van der Waals surface area contributed by atoms with Crippen LogP contribution in [-0.2, 0) is 14.6 Å². The van der Waals surface area contributed by atoms with Gasteiger partial charge in [-0.1, -0.05) is 31.4 Å². The van der Waals surface area contributed by atoms with Crippen LogP contribution in [0, 0.1) is 23.5 Å². The van der Waals surface area contributed by atoms with E-state index in [0.717, 1.165) is 18.6 Å². The van der Waals surface area contributed by atoms with Crippen molar-refractivity contribution in [2.45, 2.75) is 35.8 Å². The van der Waals surface area contributed by atoms with Gasteiger partial charge in [0.25, 0.3) is 0 Å². The molecule has 0 spiro atoms. The molecule has 2 aliphatic rings. The fourth-order valence-corrected chi connectivity index (χ4v) is 7.29. The zero-order valence-electron chi connectivity index (χ0n) is 14.7. The highest BCUT2D eigenvalue weighted by Crippen LogP contribution is 2.57. The Balaban J connectivity index is 2.04. The van der Waals surface area contributed by atoms with Crippen molar-refractivity contribution < 1.29 is 21.9 Å². The lowest BCUT2D eigenvalue weighted by Crippen LogP contribution is -2.53. The van der Waals surface area contributed by atoms with Crippen molar-refractivity contribution in [1.82, 2.24) is 0 Å². The van der Waals surface area contributed by atoms with Crippen LogP contribution in [0.1, 0.15) is 31.7 Å².